The number of hydrogen-bond donors (Lipinski definition) is 8. The molecule has 15 heteroatoms. The first kappa shape index (κ1) is 30.1. The highest BCUT2D eigenvalue weighted by Crippen LogP contribution is 2.04. The fourth-order valence-electron chi connectivity index (χ4n) is 2.53. The minimum atomic E-state index is -1.59. The van der Waals surface area contributed by atoms with Crippen LogP contribution in [0.25, 0.3) is 0 Å². The predicted octanol–water partition coefficient (Wildman–Crippen LogP) is -3.87. The number of thioether (sulfide) groups is 1. The zero-order chi connectivity index (χ0) is 25.7. The minimum Gasteiger partial charge on any atom is -0.480 e. The van der Waals surface area contributed by atoms with Gasteiger partial charge < -0.3 is 43.4 Å². The van der Waals surface area contributed by atoms with Crippen LogP contribution in [0.15, 0.2) is 0 Å². The molecule has 33 heavy (non-hydrogen) atoms. The number of carbonyl (C=O) groups excluding carboxylic acids is 5. The van der Waals surface area contributed by atoms with Crippen molar-refractivity contribution in [3.63, 3.8) is 0 Å². The van der Waals surface area contributed by atoms with E-state index in [2.05, 4.69) is 16.0 Å². The van der Waals surface area contributed by atoms with Crippen LogP contribution in [0.4, 0.5) is 0 Å². The summed E-state index contributed by atoms with van der Waals surface area (Å²) in [5.41, 5.74) is 15.8. The number of carboxylic acid groups (broad SMARTS) is 1. The summed E-state index contributed by atoms with van der Waals surface area (Å²) in [5.74, 6) is -5.40. The SMILES string of the molecule is CSCCC(NC(=O)C(NC(=O)C(CC(N)=O)NC(=O)C(N)CCC(N)=O)C(C)O)C(=O)O. The van der Waals surface area contributed by atoms with Gasteiger partial charge in [-0.1, -0.05) is 0 Å². The molecule has 11 N–H and O–H groups in total. The van der Waals surface area contributed by atoms with Crippen molar-refractivity contribution in [2.45, 2.75) is 62.9 Å². The van der Waals surface area contributed by atoms with Crippen LogP contribution in [0.2, 0.25) is 0 Å². The lowest BCUT2D eigenvalue weighted by atomic mass is 10.1. The second-order valence-corrected chi connectivity index (χ2v) is 8.24. The Kier molecular flexibility index (Phi) is 13.7. The fourth-order valence-corrected chi connectivity index (χ4v) is 3.00. The molecule has 0 spiro atoms. The maximum absolute atomic E-state index is 12.7. The Labute approximate surface area is 194 Å². The molecule has 0 saturated carbocycles. The molecule has 5 unspecified atom stereocenters. The normalized spacial score (nSPS) is 15.3. The monoisotopic (exact) mass is 492 g/mol. The summed E-state index contributed by atoms with van der Waals surface area (Å²) in [6.07, 6.45) is -0.547. The third-order valence-corrected chi connectivity index (χ3v) is 5.01. The Bertz CT molecular complexity index is 735. The third-order valence-electron chi connectivity index (χ3n) is 4.36. The van der Waals surface area contributed by atoms with Gasteiger partial charge in [0, 0.05) is 6.42 Å². The predicted molar refractivity (Wildman–Crippen MR) is 118 cm³/mol. The van der Waals surface area contributed by atoms with Gasteiger partial charge in [0.1, 0.15) is 18.1 Å². The molecule has 0 rings (SSSR count). The lowest BCUT2D eigenvalue weighted by Crippen LogP contribution is -2.60. The van der Waals surface area contributed by atoms with Gasteiger partial charge in [-0.25, -0.2) is 4.79 Å². The van der Waals surface area contributed by atoms with E-state index in [1.807, 2.05) is 0 Å². The molecule has 0 aliphatic rings. The molecule has 0 aromatic carbocycles. The molecule has 0 fully saturated rings. The van der Waals surface area contributed by atoms with Crippen molar-refractivity contribution in [2.24, 2.45) is 17.2 Å². The van der Waals surface area contributed by atoms with Gasteiger partial charge in [-0.3, -0.25) is 24.0 Å². The second-order valence-electron chi connectivity index (χ2n) is 7.25. The van der Waals surface area contributed by atoms with Crippen LogP contribution in [0.5, 0.6) is 0 Å². The number of aliphatic carboxylic acids is 1. The third kappa shape index (κ3) is 12.1. The molecule has 188 valence electrons. The van der Waals surface area contributed by atoms with Gasteiger partial charge in [-0.2, -0.15) is 11.8 Å². The van der Waals surface area contributed by atoms with Crippen molar-refractivity contribution in [3.05, 3.63) is 0 Å². The molecule has 0 aliphatic heterocycles. The highest BCUT2D eigenvalue weighted by atomic mass is 32.2. The van der Waals surface area contributed by atoms with E-state index < -0.39 is 72.2 Å². The average Bonchev–Trinajstić information content (AvgIpc) is 2.71. The van der Waals surface area contributed by atoms with Crippen molar-refractivity contribution >= 4 is 47.3 Å². The molecule has 0 aromatic heterocycles. The fraction of sp³-hybridized carbons (Fsp3) is 0.667. The number of rotatable bonds is 16. The zero-order valence-electron chi connectivity index (χ0n) is 18.4. The summed E-state index contributed by atoms with van der Waals surface area (Å²) in [6.45, 7) is 1.18. The molecule has 5 amide bonds. The number of primary amides is 2. The largest absolute Gasteiger partial charge is 0.480 e. The van der Waals surface area contributed by atoms with E-state index in [0.717, 1.165) is 0 Å². The van der Waals surface area contributed by atoms with E-state index in [1.165, 1.54) is 18.7 Å². The number of nitrogens with one attached hydrogen (secondary N) is 3. The number of amides is 5. The molecule has 0 saturated heterocycles. The summed E-state index contributed by atoms with van der Waals surface area (Å²) in [4.78, 5) is 70.9. The number of aliphatic hydroxyl groups excluding tert-OH is 1. The first-order valence-electron chi connectivity index (χ1n) is 9.93. The molecule has 5 atom stereocenters. The number of aliphatic hydroxyl groups is 1. The maximum atomic E-state index is 12.7. The Morgan fingerprint density at radius 1 is 0.879 bits per heavy atom. The van der Waals surface area contributed by atoms with Crippen LogP contribution in [0.3, 0.4) is 0 Å². The van der Waals surface area contributed by atoms with Gasteiger partial charge in [0.15, 0.2) is 0 Å². The number of carbonyl (C=O) groups is 6. The number of carboxylic acids is 1. The Morgan fingerprint density at radius 2 is 1.45 bits per heavy atom. The molecule has 0 aromatic rings. The van der Waals surface area contributed by atoms with E-state index in [1.54, 1.807) is 6.26 Å². The number of hydrogen-bond acceptors (Lipinski definition) is 9. The second kappa shape index (κ2) is 15.0. The van der Waals surface area contributed by atoms with E-state index in [-0.39, 0.29) is 19.3 Å². The smallest absolute Gasteiger partial charge is 0.326 e. The van der Waals surface area contributed by atoms with Crippen LogP contribution >= 0.6 is 11.8 Å². The molecule has 0 radical (unpaired) electrons. The quantitative estimate of drug-likeness (QED) is 0.104. The Hall–Kier alpha value is -2.91. The van der Waals surface area contributed by atoms with Crippen LogP contribution < -0.4 is 33.2 Å². The van der Waals surface area contributed by atoms with Gasteiger partial charge in [-0.05, 0) is 31.8 Å². The standard InChI is InChI=1S/C18H32N6O8S/c1-8(25)14(17(30)22-10(18(31)32)5-6-33-2)24-16(29)11(7-13(21)27)23-15(28)9(19)3-4-12(20)26/h8-11,14,25H,3-7,19H2,1-2H3,(H2,20,26)(H2,21,27)(H,22,30)(H,23,28)(H,24,29)(H,31,32). The lowest BCUT2D eigenvalue weighted by molar-refractivity contribution is -0.143. The Balaban J connectivity index is 5.37. The summed E-state index contributed by atoms with van der Waals surface area (Å²) in [6, 6.07) is -5.61. The van der Waals surface area contributed by atoms with Crippen LogP contribution in [0.1, 0.15) is 32.6 Å². The highest BCUT2D eigenvalue weighted by Gasteiger charge is 2.33. The van der Waals surface area contributed by atoms with Crippen LogP contribution in [-0.4, -0.2) is 88.0 Å². The number of nitrogens with two attached hydrogens (primary N) is 3. The van der Waals surface area contributed by atoms with E-state index in [9.17, 15) is 39.0 Å². The first-order valence-corrected chi connectivity index (χ1v) is 11.3. The topological polar surface area (TPSA) is 257 Å². The molecular weight excluding hydrogens is 460 g/mol. The molecular formula is C18H32N6O8S. The van der Waals surface area contributed by atoms with Crippen LogP contribution in [-0.2, 0) is 28.8 Å². The van der Waals surface area contributed by atoms with Crippen molar-refractivity contribution in [2.75, 3.05) is 12.0 Å². The molecule has 0 heterocycles. The average molecular weight is 493 g/mol. The van der Waals surface area contributed by atoms with Gasteiger partial charge in [0.2, 0.25) is 29.5 Å². The lowest BCUT2D eigenvalue weighted by Gasteiger charge is -2.26. The van der Waals surface area contributed by atoms with Crippen molar-refractivity contribution in [1.29, 1.82) is 0 Å². The summed E-state index contributed by atoms with van der Waals surface area (Å²) >= 11 is 1.37. The molecule has 0 bridgehead atoms. The maximum Gasteiger partial charge on any atom is 0.326 e. The van der Waals surface area contributed by atoms with Gasteiger partial charge in [0.05, 0.1) is 18.6 Å². The molecule has 14 nitrogen and oxygen atoms in total. The highest BCUT2D eigenvalue weighted by molar-refractivity contribution is 7.98. The summed E-state index contributed by atoms with van der Waals surface area (Å²) < 4.78 is 0. The Morgan fingerprint density at radius 3 is 1.91 bits per heavy atom. The van der Waals surface area contributed by atoms with Crippen LogP contribution in [0, 0.1) is 0 Å². The van der Waals surface area contributed by atoms with Crippen molar-refractivity contribution in [3.8, 4) is 0 Å². The first-order chi connectivity index (χ1) is 15.3. The molecule has 0 aliphatic carbocycles. The minimum absolute atomic E-state index is 0.103. The van der Waals surface area contributed by atoms with Gasteiger partial charge >= 0.3 is 5.97 Å². The zero-order valence-corrected chi connectivity index (χ0v) is 19.2. The van der Waals surface area contributed by atoms with Gasteiger partial charge in [0.25, 0.3) is 0 Å². The van der Waals surface area contributed by atoms with E-state index in [4.69, 9.17) is 17.2 Å². The van der Waals surface area contributed by atoms with E-state index in [0.29, 0.717) is 5.75 Å². The van der Waals surface area contributed by atoms with Gasteiger partial charge in [-0.15, -0.1) is 0 Å². The van der Waals surface area contributed by atoms with Crippen molar-refractivity contribution in [1.82, 2.24) is 16.0 Å². The van der Waals surface area contributed by atoms with E-state index >= 15 is 0 Å². The van der Waals surface area contributed by atoms with Crippen molar-refractivity contribution < 1.29 is 39.0 Å². The summed E-state index contributed by atoms with van der Waals surface area (Å²) in [7, 11) is 0. The summed E-state index contributed by atoms with van der Waals surface area (Å²) in [5, 5.41) is 25.8.